The van der Waals surface area contributed by atoms with E-state index in [0.29, 0.717) is 5.56 Å². The third-order valence-corrected chi connectivity index (χ3v) is 4.30. The molecule has 0 radical (unpaired) electrons. The number of piperidine rings is 1. The zero-order valence-corrected chi connectivity index (χ0v) is 15.6. The number of aromatic nitrogens is 3. The highest BCUT2D eigenvalue weighted by Gasteiger charge is 2.19. The number of carbonyl (C=O) groups excluding carboxylic acids is 1. The third-order valence-electron chi connectivity index (χ3n) is 4.30. The molecule has 2 heterocycles. The van der Waals surface area contributed by atoms with Crippen LogP contribution < -0.4 is 15.4 Å². The molecule has 7 nitrogen and oxygen atoms in total. The summed E-state index contributed by atoms with van der Waals surface area (Å²) in [6.07, 6.45) is 3.49. The monoisotopic (exact) mass is 401 g/mol. The number of benzene rings is 1. The number of hydrogen-bond acceptors (Lipinski definition) is 5. The van der Waals surface area contributed by atoms with Gasteiger partial charge in [0.25, 0.3) is 5.91 Å². The highest BCUT2D eigenvalue weighted by Crippen LogP contribution is 2.22. The molecular formula is C17H22ClF2N5O2. The molecule has 1 amide bonds. The van der Waals surface area contributed by atoms with Crippen LogP contribution in [0, 0.1) is 6.92 Å². The lowest BCUT2D eigenvalue weighted by atomic mass is 10.1. The van der Waals surface area contributed by atoms with Gasteiger partial charge in [-0.15, -0.1) is 17.5 Å². The summed E-state index contributed by atoms with van der Waals surface area (Å²) in [6.45, 7) is 0.792. The maximum Gasteiger partial charge on any atom is 0.387 e. The lowest BCUT2D eigenvalue weighted by Gasteiger charge is -2.22. The van der Waals surface area contributed by atoms with E-state index in [1.54, 1.807) is 23.0 Å². The van der Waals surface area contributed by atoms with Gasteiger partial charge in [-0.25, -0.2) is 4.68 Å². The molecule has 0 bridgehead atoms. The first-order valence-electron chi connectivity index (χ1n) is 8.48. The average Bonchev–Trinajstić information content (AvgIpc) is 3.12. The maximum absolute atomic E-state index is 12.5. The summed E-state index contributed by atoms with van der Waals surface area (Å²) in [5.41, 5.74) is 1.56. The highest BCUT2D eigenvalue weighted by atomic mass is 35.5. The molecule has 0 unspecified atom stereocenters. The van der Waals surface area contributed by atoms with Crippen LogP contribution in [0.5, 0.6) is 5.75 Å². The number of rotatable bonds is 6. The van der Waals surface area contributed by atoms with Gasteiger partial charge < -0.3 is 15.4 Å². The second-order valence-electron chi connectivity index (χ2n) is 6.24. The number of nitrogens with zero attached hydrogens (tertiary/aromatic N) is 3. The smallest absolute Gasteiger partial charge is 0.387 e. The van der Waals surface area contributed by atoms with E-state index in [4.69, 9.17) is 0 Å². The van der Waals surface area contributed by atoms with Crippen molar-refractivity contribution in [3.63, 3.8) is 0 Å². The van der Waals surface area contributed by atoms with E-state index in [2.05, 4.69) is 25.7 Å². The minimum absolute atomic E-state index is 0. The van der Waals surface area contributed by atoms with E-state index in [1.807, 2.05) is 6.92 Å². The number of hydrogen-bond donors (Lipinski definition) is 2. The summed E-state index contributed by atoms with van der Waals surface area (Å²) < 4.78 is 31.2. The van der Waals surface area contributed by atoms with Crippen molar-refractivity contribution in [1.82, 2.24) is 25.6 Å². The molecule has 2 N–H and O–H groups in total. The number of ether oxygens (including phenoxy) is 1. The SMILES string of the molecule is Cc1ccc(OC(F)F)c(CNC(=O)c2cn(C3CCNCC3)nn2)c1.Cl. The number of carbonyl (C=O) groups is 1. The van der Waals surface area contributed by atoms with Gasteiger partial charge in [0, 0.05) is 12.1 Å². The fourth-order valence-electron chi connectivity index (χ4n) is 2.95. The molecule has 0 spiro atoms. The summed E-state index contributed by atoms with van der Waals surface area (Å²) in [5, 5.41) is 13.9. The molecule has 1 aromatic carbocycles. The van der Waals surface area contributed by atoms with Gasteiger partial charge in [-0.1, -0.05) is 22.9 Å². The second-order valence-corrected chi connectivity index (χ2v) is 6.24. The lowest BCUT2D eigenvalue weighted by Crippen LogP contribution is -2.29. The Balaban J connectivity index is 0.00000261. The van der Waals surface area contributed by atoms with E-state index >= 15 is 0 Å². The van der Waals surface area contributed by atoms with Crippen molar-refractivity contribution in [1.29, 1.82) is 0 Å². The third kappa shape index (κ3) is 5.61. The largest absolute Gasteiger partial charge is 0.434 e. The number of aryl methyl sites for hydroxylation is 1. The Labute approximate surface area is 161 Å². The van der Waals surface area contributed by atoms with E-state index in [0.717, 1.165) is 31.5 Å². The molecule has 3 rings (SSSR count). The maximum atomic E-state index is 12.5. The van der Waals surface area contributed by atoms with Crippen molar-refractivity contribution >= 4 is 18.3 Å². The van der Waals surface area contributed by atoms with Gasteiger partial charge >= 0.3 is 6.61 Å². The summed E-state index contributed by atoms with van der Waals surface area (Å²) in [7, 11) is 0. The molecule has 148 valence electrons. The van der Waals surface area contributed by atoms with Gasteiger partial charge in [-0.3, -0.25) is 4.79 Å². The van der Waals surface area contributed by atoms with Crippen molar-refractivity contribution < 1.29 is 18.3 Å². The Morgan fingerprint density at radius 3 is 2.85 bits per heavy atom. The quantitative estimate of drug-likeness (QED) is 0.777. The van der Waals surface area contributed by atoms with Crippen molar-refractivity contribution in [2.75, 3.05) is 13.1 Å². The molecule has 2 aromatic rings. The first-order chi connectivity index (χ1) is 12.5. The van der Waals surface area contributed by atoms with E-state index in [-0.39, 0.29) is 36.4 Å². The average molecular weight is 402 g/mol. The summed E-state index contributed by atoms with van der Waals surface area (Å²) in [6, 6.07) is 5.07. The van der Waals surface area contributed by atoms with Crippen LogP contribution in [0.1, 0.15) is 40.5 Å². The number of nitrogens with one attached hydrogen (secondary N) is 2. The van der Waals surface area contributed by atoms with Crippen LogP contribution in [0.15, 0.2) is 24.4 Å². The van der Waals surface area contributed by atoms with Crippen molar-refractivity contribution in [2.45, 2.75) is 39.0 Å². The van der Waals surface area contributed by atoms with Crippen LogP contribution in [0.2, 0.25) is 0 Å². The summed E-state index contributed by atoms with van der Waals surface area (Å²) in [5.74, 6) is -0.362. The first-order valence-corrected chi connectivity index (χ1v) is 8.48. The van der Waals surface area contributed by atoms with Crippen LogP contribution in [0.3, 0.4) is 0 Å². The van der Waals surface area contributed by atoms with Crippen LogP contribution in [0.4, 0.5) is 8.78 Å². The highest BCUT2D eigenvalue weighted by molar-refractivity contribution is 5.91. The van der Waals surface area contributed by atoms with Gasteiger partial charge in [0.15, 0.2) is 5.69 Å². The van der Waals surface area contributed by atoms with Crippen LogP contribution in [0.25, 0.3) is 0 Å². The van der Waals surface area contributed by atoms with Crippen molar-refractivity contribution in [2.24, 2.45) is 0 Å². The molecule has 27 heavy (non-hydrogen) atoms. The van der Waals surface area contributed by atoms with Crippen LogP contribution >= 0.6 is 12.4 Å². The summed E-state index contributed by atoms with van der Waals surface area (Å²) in [4.78, 5) is 12.3. The molecule has 1 aliphatic rings. The van der Waals surface area contributed by atoms with Gasteiger partial charge in [-0.05, 0) is 38.9 Å². The molecule has 1 fully saturated rings. The van der Waals surface area contributed by atoms with Crippen LogP contribution in [-0.2, 0) is 6.54 Å². The molecular weight excluding hydrogens is 380 g/mol. The topological polar surface area (TPSA) is 81.1 Å². The zero-order valence-electron chi connectivity index (χ0n) is 14.8. The zero-order chi connectivity index (χ0) is 18.5. The fourth-order valence-corrected chi connectivity index (χ4v) is 2.95. The second kappa shape index (κ2) is 9.61. The molecule has 10 heteroatoms. The first kappa shape index (κ1) is 21.0. The predicted molar refractivity (Wildman–Crippen MR) is 97.4 cm³/mol. The Morgan fingerprint density at radius 2 is 2.15 bits per heavy atom. The fraction of sp³-hybridized carbons (Fsp3) is 0.471. The normalized spacial score (nSPS) is 14.7. The molecule has 0 atom stereocenters. The predicted octanol–water partition coefficient (Wildman–Crippen LogP) is 2.46. The Hall–Kier alpha value is -2.26. The standard InChI is InChI=1S/C17H21F2N5O2.ClH/c1-11-2-3-15(26-17(18)19)12(8-11)9-21-16(25)14-10-24(23-22-14)13-4-6-20-7-5-13;/h2-3,8,10,13,17,20H,4-7,9H2,1H3,(H,21,25);1H. The minimum Gasteiger partial charge on any atom is -0.434 e. The Morgan fingerprint density at radius 1 is 1.41 bits per heavy atom. The van der Waals surface area contributed by atoms with Gasteiger partial charge in [0.05, 0.1) is 12.2 Å². The summed E-state index contributed by atoms with van der Waals surface area (Å²) >= 11 is 0. The van der Waals surface area contributed by atoms with Gasteiger partial charge in [0.1, 0.15) is 5.75 Å². The Bertz CT molecular complexity index is 766. The lowest BCUT2D eigenvalue weighted by molar-refractivity contribution is -0.0504. The number of halogens is 3. The number of alkyl halides is 2. The minimum atomic E-state index is -2.92. The molecule has 1 saturated heterocycles. The van der Waals surface area contributed by atoms with Crippen molar-refractivity contribution in [3.05, 3.63) is 41.2 Å². The molecule has 1 aliphatic heterocycles. The Kier molecular flexibility index (Phi) is 7.49. The van der Waals surface area contributed by atoms with Crippen molar-refractivity contribution in [3.8, 4) is 5.75 Å². The van der Waals surface area contributed by atoms with Gasteiger partial charge in [0.2, 0.25) is 0 Å². The molecule has 0 saturated carbocycles. The number of amides is 1. The van der Waals surface area contributed by atoms with Gasteiger partial charge in [-0.2, -0.15) is 8.78 Å². The van der Waals surface area contributed by atoms with E-state index < -0.39 is 12.5 Å². The molecule has 1 aromatic heterocycles. The van der Waals surface area contributed by atoms with E-state index in [1.165, 1.54) is 6.07 Å². The van der Waals surface area contributed by atoms with E-state index in [9.17, 15) is 13.6 Å². The van der Waals surface area contributed by atoms with Crippen LogP contribution in [-0.4, -0.2) is 40.6 Å². The molecule has 0 aliphatic carbocycles.